The summed E-state index contributed by atoms with van der Waals surface area (Å²) in [5.74, 6) is -0.417. The maximum atomic E-state index is 12.4. The van der Waals surface area contributed by atoms with Crippen LogP contribution < -0.4 is 25.0 Å². The minimum atomic E-state index is -0.557. The van der Waals surface area contributed by atoms with Crippen LogP contribution in [0.3, 0.4) is 0 Å². The quantitative estimate of drug-likeness (QED) is 0.203. The van der Waals surface area contributed by atoms with E-state index >= 15 is 0 Å². The highest BCUT2D eigenvalue weighted by Crippen LogP contribution is 2.28. The maximum absolute atomic E-state index is 12.4. The fourth-order valence-electron chi connectivity index (χ4n) is 2.85. The summed E-state index contributed by atoms with van der Waals surface area (Å²) in [7, 11) is 2.97. The summed E-state index contributed by atoms with van der Waals surface area (Å²) in [6, 6.07) is 17.8. The topological polar surface area (TPSA) is 115 Å². The van der Waals surface area contributed by atoms with Crippen molar-refractivity contribution in [1.82, 2.24) is 10.7 Å². The first-order valence-corrected chi connectivity index (χ1v) is 10.7. The first-order chi connectivity index (χ1) is 16.9. The average Bonchev–Trinajstić information content (AvgIpc) is 2.88. The van der Waals surface area contributed by atoms with E-state index in [9.17, 15) is 14.4 Å². The van der Waals surface area contributed by atoms with Gasteiger partial charge in [0.25, 0.3) is 11.8 Å². The second-order valence-electron chi connectivity index (χ2n) is 6.98. The van der Waals surface area contributed by atoms with Crippen molar-refractivity contribution in [1.29, 1.82) is 0 Å². The Labute approximate surface area is 206 Å². The van der Waals surface area contributed by atoms with Crippen molar-refractivity contribution in [3.63, 3.8) is 0 Å². The second kappa shape index (κ2) is 12.2. The summed E-state index contributed by atoms with van der Waals surface area (Å²) in [6.07, 6.45) is 1.38. The minimum absolute atomic E-state index is 0.219. The molecule has 0 spiro atoms. The van der Waals surface area contributed by atoms with Gasteiger partial charge in [-0.2, -0.15) is 5.10 Å². The van der Waals surface area contributed by atoms with Crippen molar-refractivity contribution in [2.75, 3.05) is 20.8 Å². The van der Waals surface area contributed by atoms with Crippen LogP contribution in [0.5, 0.6) is 17.2 Å². The smallest absolute Gasteiger partial charge is 0.343 e. The fraction of sp³-hybridized carbons (Fsp3) is 0.120. The highest BCUT2D eigenvalue weighted by molar-refractivity contribution is 6.33. The molecule has 180 valence electrons. The zero-order chi connectivity index (χ0) is 25.2. The lowest BCUT2D eigenvalue weighted by Gasteiger charge is -2.10. The van der Waals surface area contributed by atoms with E-state index in [0.717, 1.165) is 0 Å². The third kappa shape index (κ3) is 7.05. The van der Waals surface area contributed by atoms with E-state index in [1.54, 1.807) is 66.7 Å². The van der Waals surface area contributed by atoms with E-state index in [1.807, 2.05) is 0 Å². The highest BCUT2D eigenvalue weighted by Gasteiger charge is 2.13. The van der Waals surface area contributed by atoms with Gasteiger partial charge in [0.05, 0.1) is 43.1 Å². The van der Waals surface area contributed by atoms with Gasteiger partial charge in [-0.25, -0.2) is 10.2 Å². The Morgan fingerprint density at radius 2 is 1.69 bits per heavy atom. The number of nitrogens with one attached hydrogen (secondary N) is 2. The SMILES string of the molecule is COc1ccc(C(=O)Oc2ccc(C=NNC(=O)CNC(=O)c3ccccc3Cl)cc2OC)cc1. The molecule has 3 rings (SSSR count). The van der Waals surface area contributed by atoms with E-state index < -0.39 is 17.8 Å². The number of hydrogen-bond acceptors (Lipinski definition) is 7. The van der Waals surface area contributed by atoms with Crippen LogP contribution >= 0.6 is 11.6 Å². The number of rotatable bonds is 9. The van der Waals surface area contributed by atoms with E-state index in [4.69, 9.17) is 25.8 Å². The van der Waals surface area contributed by atoms with Gasteiger partial charge in [-0.05, 0) is 60.2 Å². The molecule has 3 aromatic rings. The van der Waals surface area contributed by atoms with Gasteiger partial charge in [-0.15, -0.1) is 0 Å². The molecular formula is C25H22ClN3O6. The van der Waals surface area contributed by atoms with Crippen molar-refractivity contribution in [2.45, 2.75) is 0 Å². The fourth-order valence-corrected chi connectivity index (χ4v) is 3.08. The molecule has 0 unspecified atom stereocenters. The molecule has 2 N–H and O–H groups in total. The molecule has 0 bridgehead atoms. The van der Waals surface area contributed by atoms with Crippen molar-refractivity contribution >= 4 is 35.6 Å². The minimum Gasteiger partial charge on any atom is -0.497 e. The molecule has 2 amide bonds. The standard InChI is InChI=1S/C25H22ClN3O6/c1-33-18-10-8-17(9-11-18)25(32)35-21-12-7-16(13-22(21)34-2)14-28-29-23(30)15-27-24(31)19-5-3-4-6-20(19)26/h3-14H,15H2,1-2H3,(H,27,31)(H,29,30). The number of hydrogen-bond donors (Lipinski definition) is 2. The molecule has 0 aliphatic rings. The third-order valence-corrected chi connectivity index (χ3v) is 4.98. The predicted octanol–water partition coefficient (Wildman–Crippen LogP) is 3.46. The molecule has 9 nitrogen and oxygen atoms in total. The van der Waals surface area contributed by atoms with Crippen LogP contribution in [0.2, 0.25) is 5.02 Å². The van der Waals surface area contributed by atoms with Crippen molar-refractivity contribution in [3.8, 4) is 17.2 Å². The van der Waals surface area contributed by atoms with E-state index in [0.29, 0.717) is 22.6 Å². The van der Waals surface area contributed by atoms with Gasteiger partial charge in [0, 0.05) is 0 Å². The zero-order valence-corrected chi connectivity index (χ0v) is 19.7. The van der Waals surface area contributed by atoms with Gasteiger partial charge in [0.2, 0.25) is 0 Å². The van der Waals surface area contributed by atoms with Crippen molar-refractivity contribution in [2.24, 2.45) is 5.10 Å². The Morgan fingerprint density at radius 1 is 0.943 bits per heavy atom. The van der Waals surface area contributed by atoms with Gasteiger partial charge in [0.15, 0.2) is 11.5 Å². The van der Waals surface area contributed by atoms with Gasteiger partial charge >= 0.3 is 5.97 Å². The summed E-state index contributed by atoms with van der Waals surface area (Å²) in [4.78, 5) is 36.5. The molecule has 0 atom stereocenters. The Hall–Kier alpha value is -4.37. The number of hydrazone groups is 1. The van der Waals surface area contributed by atoms with Crippen LogP contribution in [-0.4, -0.2) is 44.8 Å². The van der Waals surface area contributed by atoms with Gasteiger partial charge in [-0.1, -0.05) is 23.7 Å². The summed E-state index contributed by atoms with van der Waals surface area (Å²) in [5.41, 5.74) is 3.51. The molecule has 0 fully saturated rings. The first kappa shape index (κ1) is 25.3. The molecule has 0 heterocycles. The monoisotopic (exact) mass is 495 g/mol. The average molecular weight is 496 g/mol. The molecule has 0 aliphatic heterocycles. The number of carbonyl (C=O) groups is 3. The summed E-state index contributed by atoms with van der Waals surface area (Å²) in [6.45, 7) is -0.287. The molecule has 0 aromatic heterocycles. The molecule has 0 saturated carbocycles. The second-order valence-corrected chi connectivity index (χ2v) is 7.39. The van der Waals surface area contributed by atoms with Crippen LogP contribution in [0.15, 0.2) is 71.8 Å². The molecule has 10 heteroatoms. The van der Waals surface area contributed by atoms with Crippen LogP contribution in [0.1, 0.15) is 26.3 Å². The Bertz CT molecular complexity index is 1240. The molecule has 0 saturated heterocycles. The molecule has 0 aliphatic carbocycles. The van der Waals surface area contributed by atoms with Crippen LogP contribution in [0.4, 0.5) is 0 Å². The number of esters is 1. The number of methoxy groups -OCH3 is 2. The van der Waals surface area contributed by atoms with E-state index in [-0.39, 0.29) is 22.9 Å². The van der Waals surface area contributed by atoms with Crippen LogP contribution in [0.25, 0.3) is 0 Å². The number of carbonyl (C=O) groups excluding carboxylic acids is 3. The molecular weight excluding hydrogens is 474 g/mol. The van der Waals surface area contributed by atoms with Gasteiger partial charge < -0.3 is 19.5 Å². The van der Waals surface area contributed by atoms with Crippen molar-refractivity contribution in [3.05, 3.63) is 88.4 Å². The van der Waals surface area contributed by atoms with Crippen LogP contribution in [-0.2, 0) is 4.79 Å². The molecule has 0 radical (unpaired) electrons. The molecule has 3 aromatic carbocycles. The Morgan fingerprint density at radius 3 is 2.37 bits per heavy atom. The largest absolute Gasteiger partial charge is 0.497 e. The maximum Gasteiger partial charge on any atom is 0.343 e. The normalized spacial score (nSPS) is 10.5. The van der Waals surface area contributed by atoms with E-state index in [1.165, 1.54) is 20.4 Å². The lowest BCUT2D eigenvalue weighted by atomic mass is 10.2. The third-order valence-electron chi connectivity index (χ3n) is 4.65. The number of ether oxygens (including phenoxy) is 3. The lowest BCUT2D eigenvalue weighted by molar-refractivity contribution is -0.120. The highest BCUT2D eigenvalue weighted by atomic mass is 35.5. The predicted molar refractivity (Wildman–Crippen MR) is 130 cm³/mol. The summed E-state index contributed by atoms with van der Waals surface area (Å²) >= 11 is 5.96. The first-order valence-electron chi connectivity index (χ1n) is 10.3. The number of halogens is 1. The van der Waals surface area contributed by atoms with Gasteiger partial charge in [-0.3, -0.25) is 9.59 Å². The number of benzene rings is 3. The molecule has 35 heavy (non-hydrogen) atoms. The number of nitrogens with zero attached hydrogens (tertiary/aromatic N) is 1. The Balaban J connectivity index is 1.54. The number of amides is 2. The van der Waals surface area contributed by atoms with Crippen molar-refractivity contribution < 1.29 is 28.6 Å². The van der Waals surface area contributed by atoms with Crippen LogP contribution in [0, 0.1) is 0 Å². The zero-order valence-electron chi connectivity index (χ0n) is 18.9. The summed E-state index contributed by atoms with van der Waals surface area (Å²) < 4.78 is 15.8. The van der Waals surface area contributed by atoms with Gasteiger partial charge in [0.1, 0.15) is 5.75 Å². The Kier molecular flexibility index (Phi) is 8.80. The van der Waals surface area contributed by atoms with E-state index in [2.05, 4.69) is 15.8 Å². The lowest BCUT2D eigenvalue weighted by Crippen LogP contribution is -2.35. The summed E-state index contributed by atoms with van der Waals surface area (Å²) in [5, 5.41) is 6.62.